The fourth-order valence-corrected chi connectivity index (χ4v) is 2.68. The maximum absolute atomic E-state index is 13.8. The first kappa shape index (κ1) is 17.1. The Balaban J connectivity index is 2.08. The van der Waals surface area contributed by atoms with E-state index in [4.69, 9.17) is 10.00 Å². The smallest absolute Gasteiger partial charge is 0.418 e. The van der Waals surface area contributed by atoms with Crippen molar-refractivity contribution < 1.29 is 31.8 Å². The first-order chi connectivity index (χ1) is 11.7. The van der Waals surface area contributed by atoms with Gasteiger partial charge >= 0.3 is 6.18 Å². The number of aliphatic hydroxyl groups excluding tert-OH is 1. The van der Waals surface area contributed by atoms with E-state index in [2.05, 4.69) is 4.98 Å². The van der Waals surface area contributed by atoms with Gasteiger partial charge in [-0.15, -0.1) is 0 Å². The summed E-state index contributed by atoms with van der Waals surface area (Å²) in [7, 11) is 0. The maximum Gasteiger partial charge on any atom is 0.418 e. The minimum absolute atomic E-state index is 0.0676. The van der Waals surface area contributed by atoms with Crippen LogP contribution >= 0.6 is 0 Å². The number of aliphatic hydroxyl groups is 1. The summed E-state index contributed by atoms with van der Waals surface area (Å²) in [4.78, 5) is 3.54. The highest BCUT2D eigenvalue weighted by Gasteiger charge is 2.44. The van der Waals surface area contributed by atoms with Crippen molar-refractivity contribution in [2.45, 2.75) is 24.9 Å². The summed E-state index contributed by atoms with van der Waals surface area (Å²) in [6, 6.07) is 4.71. The Kier molecular flexibility index (Phi) is 4.08. The lowest BCUT2D eigenvalue weighted by Gasteiger charge is -2.16. The molecule has 0 saturated carbocycles. The molecule has 0 amide bonds. The summed E-state index contributed by atoms with van der Waals surface area (Å²) < 4.78 is 71.6. The van der Waals surface area contributed by atoms with E-state index in [-0.39, 0.29) is 22.8 Å². The van der Waals surface area contributed by atoms with Crippen LogP contribution < -0.4 is 4.74 Å². The Morgan fingerprint density at radius 3 is 2.64 bits per heavy atom. The van der Waals surface area contributed by atoms with Gasteiger partial charge in [-0.1, -0.05) is 0 Å². The highest BCUT2D eigenvalue weighted by Crippen LogP contribution is 2.45. The maximum atomic E-state index is 13.8. The highest BCUT2D eigenvalue weighted by atomic mass is 19.4. The van der Waals surface area contributed by atoms with Crippen LogP contribution in [-0.4, -0.2) is 16.3 Å². The van der Waals surface area contributed by atoms with Gasteiger partial charge in [0.1, 0.15) is 23.8 Å². The van der Waals surface area contributed by atoms with Crippen molar-refractivity contribution in [3.63, 3.8) is 0 Å². The van der Waals surface area contributed by atoms with Gasteiger partial charge in [-0.3, -0.25) is 0 Å². The van der Waals surface area contributed by atoms with E-state index in [1.165, 1.54) is 0 Å². The van der Waals surface area contributed by atoms with E-state index in [9.17, 15) is 27.1 Å². The van der Waals surface area contributed by atoms with Gasteiger partial charge in [0, 0.05) is 29.8 Å². The molecule has 2 aromatic rings. The number of hydrogen-bond acceptors (Lipinski definition) is 4. The third-order valence-electron chi connectivity index (χ3n) is 3.74. The molecule has 2 atom stereocenters. The Morgan fingerprint density at radius 1 is 1.28 bits per heavy atom. The van der Waals surface area contributed by atoms with Crippen LogP contribution in [0, 0.1) is 17.1 Å². The zero-order valence-electron chi connectivity index (χ0n) is 12.3. The van der Waals surface area contributed by atoms with Gasteiger partial charge in [-0.05, 0) is 12.1 Å². The first-order valence-electron chi connectivity index (χ1n) is 7.00. The zero-order chi connectivity index (χ0) is 18.4. The molecule has 3 rings (SSSR count). The van der Waals surface area contributed by atoms with Crippen LogP contribution in [0.5, 0.6) is 11.6 Å². The molecule has 0 saturated heterocycles. The van der Waals surface area contributed by atoms with Crippen LogP contribution in [0.1, 0.15) is 28.4 Å². The van der Waals surface area contributed by atoms with Gasteiger partial charge in [0.25, 0.3) is 0 Å². The van der Waals surface area contributed by atoms with Crippen LogP contribution in [0.2, 0.25) is 0 Å². The van der Waals surface area contributed by atoms with Gasteiger partial charge in [0.15, 0.2) is 0 Å². The molecule has 1 N–H and O–H groups in total. The number of ether oxygens (including phenoxy) is 1. The van der Waals surface area contributed by atoms with Crippen molar-refractivity contribution in [3.05, 3.63) is 52.5 Å². The average molecular weight is 356 g/mol. The normalized spacial score (nSPS) is 19.4. The van der Waals surface area contributed by atoms with Crippen LogP contribution in [0.15, 0.2) is 24.4 Å². The molecule has 9 heteroatoms. The number of fused-ring (bicyclic) bond motifs is 1. The van der Waals surface area contributed by atoms with Gasteiger partial charge in [0.2, 0.25) is 5.88 Å². The van der Waals surface area contributed by atoms with Gasteiger partial charge in [-0.2, -0.15) is 18.4 Å². The summed E-state index contributed by atoms with van der Waals surface area (Å²) in [5.41, 5.74) is -2.19. The molecular weight excluding hydrogens is 347 g/mol. The lowest BCUT2D eigenvalue weighted by Crippen LogP contribution is -2.14. The number of nitrogens with zero attached hydrogens (tertiary/aromatic N) is 2. The molecule has 25 heavy (non-hydrogen) atoms. The number of rotatable bonds is 2. The molecule has 4 nitrogen and oxygen atoms in total. The topological polar surface area (TPSA) is 66.1 Å². The summed E-state index contributed by atoms with van der Waals surface area (Å²) in [6.45, 7) is 0. The van der Waals surface area contributed by atoms with E-state index >= 15 is 0 Å². The van der Waals surface area contributed by atoms with Crippen molar-refractivity contribution in [2.75, 3.05) is 0 Å². The Hall–Kier alpha value is -2.73. The van der Waals surface area contributed by atoms with Gasteiger partial charge < -0.3 is 9.84 Å². The molecule has 0 aliphatic heterocycles. The summed E-state index contributed by atoms with van der Waals surface area (Å²) in [6.07, 6.45) is -8.82. The van der Waals surface area contributed by atoms with Crippen LogP contribution in [0.4, 0.5) is 22.0 Å². The SMILES string of the molecule is N#Cc1cc(F)cc(Oc2ncc(C(F)(F)F)c3c2C[C@@H](F)[C@H]3O)c1. The third kappa shape index (κ3) is 3.13. The van der Waals surface area contributed by atoms with E-state index in [0.29, 0.717) is 6.20 Å². The fraction of sp³-hybridized carbons (Fsp3) is 0.250. The molecule has 0 spiro atoms. The molecule has 1 aliphatic carbocycles. The van der Waals surface area contributed by atoms with Crippen LogP contribution in [0.25, 0.3) is 0 Å². The van der Waals surface area contributed by atoms with Crippen molar-refractivity contribution in [1.29, 1.82) is 5.26 Å². The molecule has 0 bridgehead atoms. The van der Waals surface area contributed by atoms with E-state index in [1.54, 1.807) is 6.07 Å². The number of hydrogen-bond donors (Lipinski definition) is 1. The Morgan fingerprint density at radius 2 is 2.00 bits per heavy atom. The van der Waals surface area contributed by atoms with E-state index in [1.807, 2.05) is 0 Å². The number of halogens is 5. The lowest BCUT2D eigenvalue weighted by molar-refractivity contribution is -0.139. The van der Waals surface area contributed by atoms with Crippen LogP contribution in [-0.2, 0) is 12.6 Å². The first-order valence-corrected chi connectivity index (χ1v) is 7.00. The molecule has 1 heterocycles. The van der Waals surface area contributed by atoms with Crippen molar-refractivity contribution >= 4 is 0 Å². The number of alkyl halides is 4. The molecular formula is C16H9F5N2O2. The van der Waals surface area contributed by atoms with Gasteiger partial charge in [-0.25, -0.2) is 13.8 Å². The second-order valence-corrected chi connectivity index (χ2v) is 5.42. The number of aromatic nitrogens is 1. The number of pyridine rings is 1. The summed E-state index contributed by atoms with van der Waals surface area (Å²) in [5, 5.41) is 18.6. The molecule has 1 aromatic heterocycles. The van der Waals surface area contributed by atoms with Crippen molar-refractivity contribution in [1.82, 2.24) is 4.98 Å². The van der Waals surface area contributed by atoms with Crippen LogP contribution in [0.3, 0.4) is 0 Å². The van der Waals surface area contributed by atoms with E-state index in [0.717, 1.165) is 18.2 Å². The summed E-state index contributed by atoms with van der Waals surface area (Å²) >= 11 is 0. The second kappa shape index (κ2) is 5.97. The highest BCUT2D eigenvalue weighted by molar-refractivity contribution is 5.49. The van der Waals surface area contributed by atoms with E-state index < -0.39 is 41.8 Å². The number of nitriles is 1. The number of benzene rings is 1. The minimum atomic E-state index is -4.83. The predicted octanol–water partition coefficient (Wildman–Crippen LogP) is 3.83. The quantitative estimate of drug-likeness (QED) is 0.831. The molecule has 1 aromatic carbocycles. The largest absolute Gasteiger partial charge is 0.439 e. The average Bonchev–Trinajstić information content (AvgIpc) is 2.82. The standard InChI is InChI=1S/C16H9F5N2O2/c17-8-1-7(5-22)2-9(3-8)25-15-10-4-12(18)14(24)13(10)11(6-23-15)16(19,20)21/h1-3,6,12,14,24H,4H2/t12-,14-/m1/s1. The molecule has 0 unspecified atom stereocenters. The molecule has 0 fully saturated rings. The minimum Gasteiger partial charge on any atom is -0.439 e. The van der Waals surface area contributed by atoms with Crippen molar-refractivity contribution in [2.24, 2.45) is 0 Å². The molecule has 130 valence electrons. The zero-order valence-corrected chi connectivity index (χ0v) is 12.3. The monoisotopic (exact) mass is 356 g/mol. The van der Waals surface area contributed by atoms with Gasteiger partial charge in [0.05, 0.1) is 17.2 Å². The third-order valence-corrected chi connectivity index (χ3v) is 3.74. The Labute approximate surface area is 138 Å². The fourth-order valence-electron chi connectivity index (χ4n) is 2.68. The Bertz CT molecular complexity index is 876. The van der Waals surface area contributed by atoms with Crippen molar-refractivity contribution in [3.8, 4) is 17.7 Å². The summed E-state index contributed by atoms with van der Waals surface area (Å²) in [5.74, 6) is -1.35. The predicted molar refractivity (Wildman–Crippen MR) is 74.0 cm³/mol. The second-order valence-electron chi connectivity index (χ2n) is 5.42. The molecule has 1 aliphatic rings. The lowest BCUT2D eigenvalue weighted by atomic mass is 10.0. The molecule has 0 radical (unpaired) electrons.